The molecule has 1 aromatic heterocycles. The molecule has 1 saturated heterocycles. The normalized spacial score (nSPS) is 19.5. The number of hydrogen-bond donors (Lipinski definition) is 1. The van der Waals surface area contributed by atoms with Gasteiger partial charge in [-0.3, -0.25) is 4.90 Å². The Morgan fingerprint density at radius 1 is 1.41 bits per heavy atom. The molecule has 6 heteroatoms. The summed E-state index contributed by atoms with van der Waals surface area (Å²) in [6.45, 7) is 7.24. The van der Waals surface area contributed by atoms with Crippen LogP contribution in [0.25, 0.3) is 0 Å². The zero-order valence-corrected chi connectivity index (χ0v) is 11.2. The van der Waals surface area contributed by atoms with Crippen LogP contribution in [0.5, 0.6) is 0 Å². The highest BCUT2D eigenvalue weighted by Gasteiger charge is 2.23. The molecule has 1 aromatic rings. The van der Waals surface area contributed by atoms with Crippen molar-refractivity contribution in [1.29, 1.82) is 0 Å². The highest BCUT2D eigenvalue weighted by atomic mass is 32.1. The second-order valence-corrected chi connectivity index (χ2v) is 5.18. The average Bonchev–Trinajstić information content (AvgIpc) is 2.90. The van der Waals surface area contributed by atoms with Crippen LogP contribution in [-0.4, -0.2) is 53.0 Å². The zero-order chi connectivity index (χ0) is 12.1. The van der Waals surface area contributed by atoms with Crippen LogP contribution in [0.2, 0.25) is 0 Å². The van der Waals surface area contributed by atoms with Gasteiger partial charge in [0.05, 0.1) is 0 Å². The first kappa shape index (κ1) is 12.7. The Bertz CT molecular complexity index is 308. The minimum Gasteiger partial charge on any atom is -0.344 e. The van der Waals surface area contributed by atoms with E-state index in [1.54, 1.807) is 6.33 Å². The number of nitrogens with zero attached hydrogens (tertiary/aromatic N) is 4. The minimum absolute atomic E-state index is 0.552. The molecule has 1 aliphatic heterocycles. The Morgan fingerprint density at radius 2 is 2.18 bits per heavy atom. The molecular formula is C11H21N5S. The second kappa shape index (κ2) is 6.28. The monoisotopic (exact) mass is 255 g/mol. The Labute approximate surface area is 107 Å². The molecule has 1 unspecified atom stereocenters. The summed E-state index contributed by atoms with van der Waals surface area (Å²) >= 11 is 1.48. The lowest BCUT2D eigenvalue weighted by Gasteiger charge is -2.38. The molecule has 1 fully saturated rings. The number of rotatable bonds is 5. The van der Waals surface area contributed by atoms with Gasteiger partial charge in [-0.25, -0.2) is 4.98 Å². The van der Waals surface area contributed by atoms with Crippen molar-refractivity contribution in [3.8, 4) is 0 Å². The number of hydrogen-bond acceptors (Lipinski definition) is 6. The summed E-state index contributed by atoms with van der Waals surface area (Å²) in [4.78, 5) is 9.08. The van der Waals surface area contributed by atoms with Crippen molar-refractivity contribution in [1.82, 2.24) is 14.3 Å². The van der Waals surface area contributed by atoms with Gasteiger partial charge < -0.3 is 10.6 Å². The lowest BCUT2D eigenvalue weighted by molar-refractivity contribution is 0.179. The highest BCUT2D eigenvalue weighted by Crippen LogP contribution is 2.18. The van der Waals surface area contributed by atoms with Gasteiger partial charge in [0.15, 0.2) is 0 Å². The standard InChI is InChI=1S/C11H21N5S/c1-2-3-10(8-12)15-4-6-16(7-5-15)11-13-9-14-17-11/h9-10H,2-8,12H2,1H3. The van der Waals surface area contributed by atoms with Crippen LogP contribution in [0.1, 0.15) is 19.8 Å². The summed E-state index contributed by atoms with van der Waals surface area (Å²) < 4.78 is 4.05. The van der Waals surface area contributed by atoms with Gasteiger partial charge in [0.25, 0.3) is 0 Å². The van der Waals surface area contributed by atoms with Crippen LogP contribution in [0.15, 0.2) is 6.33 Å². The van der Waals surface area contributed by atoms with Gasteiger partial charge in [-0.1, -0.05) is 13.3 Å². The predicted molar refractivity (Wildman–Crippen MR) is 71.4 cm³/mol. The molecule has 96 valence electrons. The zero-order valence-electron chi connectivity index (χ0n) is 10.4. The highest BCUT2D eigenvalue weighted by molar-refractivity contribution is 7.09. The Hall–Kier alpha value is -0.720. The van der Waals surface area contributed by atoms with Gasteiger partial charge in [-0.15, -0.1) is 0 Å². The fraction of sp³-hybridized carbons (Fsp3) is 0.818. The van der Waals surface area contributed by atoms with E-state index in [-0.39, 0.29) is 0 Å². The molecule has 0 bridgehead atoms. The van der Waals surface area contributed by atoms with Gasteiger partial charge >= 0.3 is 0 Å². The fourth-order valence-corrected chi connectivity index (χ4v) is 2.95. The summed E-state index contributed by atoms with van der Waals surface area (Å²) in [7, 11) is 0. The Balaban J connectivity index is 1.85. The molecule has 0 aliphatic carbocycles. The number of piperazine rings is 1. The van der Waals surface area contributed by atoms with Crippen LogP contribution < -0.4 is 10.6 Å². The molecule has 0 radical (unpaired) electrons. The predicted octanol–water partition coefficient (Wildman–Crippen LogP) is 0.787. The molecule has 1 aliphatic rings. The van der Waals surface area contributed by atoms with Crippen LogP contribution in [0.4, 0.5) is 5.13 Å². The van der Waals surface area contributed by atoms with E-state index in [0.29, 0.717) is 6.04 Å². The van der Waals surface area contributed by atoms with Crippen molar-refractivity contribution >= 4 is 16.7 Å². The smallest absolute Gasteiger partial charge is 0.205 e. The lowest BCUT2D eigenvalue weighted by Crippen LogP contribution is -2.52. The Morgan fingerprint density at radius 3 is 2.71 bits per heavy atom. The van der Waals surface area contributed by atoms with Crippen LogP contribution in [0.3, 0.4) is 0 Å². The SMILES string of the molecule is CCCC(CN)N1CCN(c2ncns2)CC1. The summed E-state index contributed by atoms with van der Waals surface area (Å²) in [6.07, 6.45) is 4.04. The van der Waals surface area contributed by atoms with Crippen molar-refractivity contribution in [3.05, 3.63) is 6.33 Å². The van der Waals surface area contributed by atoms with E-state index in [0.717, 1.165) is 37.9 Å². The molecule has 1 atom stereocenters. The molecule has 5 nitrogen and oxygen atoms in total. The minimum atomic E-state index is 0.552. The lowest BCUT2D eigenvalue weighted by atomic mass is 10.1. The Kier molecular flexibility index (Phi) is 4.70. The van der Waals surface area contributed by atoms with Crippen molar-refractivity contribution < 1.29 is 0 Å². The van der Waals surface area contributed by atoms with Gasteiger partial charge in [-0.2, -0.15) is 4.37 Å². The van der Waals surface area contributed by atoms with Crippen LogP contribution in [-0.2, 0) is 0 Å². The first-order valence-corrected chi connectivity index (χ1v) is 7.08. The third kappa shape index (κ3) is 3.14. The van der Waals surface area contributed by atoms with E-state index in [2.05, 4.69) is 26.1 Å². The maximum atomic E-state index is 5.84. The number of aromatic nitrogens is 2. The maximum absolute atomic E-state index is 5.84. The van der Waals surface area contributed by atoms with Crippen molar-refractivity contribution in [2.45, 2.75) is 25.8 Å². The summed E-state index contributed by atoms with van der Waals surface area (Å²) in [5.74, 6) is 0. The molecule has 0 spiro atoms. The molecular weight excluding hydrogens is 234 g/mol. The van der Waals surface area contributed by atoms with Gasteiger partial charge in [-0.05, 0) is 6.42 Å². The quantitative estimate of drug-likeness (QED) is 0.843. The third-order valence-corrected chi connectivity index (χ3v) is 4.07. The van der Waals surface area contributed by atoms with Crippen LogP contribution >= 0.6 is 11.5 Å². The van der Waals surface area contributed by atoms with E-state index in [9.17, 15) is 0 Å². The van der Waals surface area contributed by atoms with Gasteiger partial charge in [0, 0.05) is 50.3 Å². The molecule has 0 amide bonds. The van der Waals surface area contributed by atoms with Crippen molar-refractivity contribution in [2.24, 2.45) is 5.73 Å². The van der Waals surface area contributed by atoms with E-state index in [1.807, 2.05) is 0 Å². The van der Waals surface area contributed by atoms with Crippen LogP contribution in [0, 0.1) is 0 Å². The number of anilines is 1. The molecule has 0 aromatic carbocycles. The van der Waals surface area contributed by atoms with Crippen molar-refractivity contribution in [3.63, 3.8) is 0 Å². The maximum Gasteiger partial charge on any atom is 0.205 e. The van der Waals surface area contributed by atoms with E-state index < -0.39 is 0 Å². The largest absolute Gasteiger partial charge is 0.344 e. The summed E-state index contributed by atoms with van der Waals surface area (Å²) in [5, 5.41) is 1.05. The van der Waals surface area contributed by atoms with E-state index in [4.69, 9.17) is 5.73 Å². The fourth-order valence-electron chi connectivity index (χ4n) is 2.37. The average molecular weight is 255 g/mol. The van der Waals surface area contributed by atoms with Crippen molar-refractivity contribution in [2.75, 3.05) is 37.6 Å². The first-order valence-electron chi connectivity index (χ1n) is 6.31. The summed E-state index contributed by atoms with van der Waals surface area (Å²) in [5.41, 5.74) is 5.84. The second-order valence-electron chi connectivity index (χ2n) is 4.43. The molecule has 2 heterocycles. The molecule has 2 rings (SSSR count). The first-order chi connectivity index (χ1) is 8.35. The van der Waals surface area contributed by atoms with Gasteiger partial charge in [0.1, 0.15) is 6.33 Å². The molecule has 0 saturated carbocycles. The third-order valence-electron chi connectivity index (χ3n) is 3.34. The van der Waals surface area contributed by atoms with Gasteiger partial charge in [0.2, 0.25) is 5.13 Å². The number of nitrogens with two attached hydrogens (primary N) is 1. The molecule has 2 N–H and O–H groups in total. The molecule has 17 heavy (non-hydrogen) atoms. The topological polar surface area (TPSA) is 58.3 Å². The van der Waals surface area contributed by atoms with E-state index >= 15 is 0 Å². The summed E-state index contributed by atoms with van der Waals surface area (Å²) in [6, 6.07) is 0.552. The van der Waals surface area contributed by atoms with E-state index in [1.165, 1.54) is 24.4 Å².